The van der Waals surface area contributed by atoms with E-state index in [1.807, 2.05) is 60.4 Å². The average Bonchev–Trinajstić information content (AvgIpc) is 2.97. The minimum atomic E-state index is 0.291. The molecule has 0 fully saturated rings. The molecule has 0 bridgehead atoms. The van der Waals surface area contributed by atoms with Crippen LogP contribution in [0.25, 0.3) is 0 Å². The van der Waals surface area contributed by atoms with Crippen molar-refractivity contribution in [1.29, 1.82) is 0 Å². The molecule has 5 heteroatoms. The van der Waals surface area contributed by atoms with Gasteiger partial charge in [-0.15, -0.1) is 0 Å². The molecule has 1 aromatic heterocycles. The Labute approximate surface area is 163 Å². The van der Waals surface area contributed by atoms with Gasteiger partial charge in [0.15, 0.2) is 0 Å². The minimum Gasteiger partial charge on any atom is -0.457 e. The Hall–Kier alpha value is -2.11. The average molecular weight is 414 g/mol. The number of aryl methyl sites for hydroxylation is 1. The molecular weight excluding hydrogens is 390 g/mol. The maximum atomic E-state index is 5.88. The zero-order chi connectivity index (χ0) is 18.4. The number of nitrogens with zero attached hydrogens (tertiary/aromatic N) is 2. The lowest BCUT2D eigenvalue weighted by Gasteiger charge is -2.18. The fourth-order valence-electron chi connectivity index (χ4n) is 2.91. The van der Waals surface area contributed by atoms with Gasteiger partial charge in [0.2, 0.25) is 0 Å². The van der Waals surface area contributed by atoms with Crippen molar-refractivity contribution >= 4 is 15.9 Å². The fraction of sp³-hybridized carbons (Fsp3) is 0.286. The first kappa shape index (κ1) is 18.7. The first-order chi connectivity index (χ1) is 12.7. The SMILES string of the molecule is CCCC(NCc1nn(C)cc1Br)c1ccc(Oc2ccccc2)cc1. The highest BCUT2D eigenvalue weighted by atomic mass is 79.9. The predicted molar refractivity (Wildman–Crippen MR) is 108 cm³/mol. The fourth-order valence-corrected chi connectivity index (χ4v) is 3.43. The molecule has 1 unspecified atom stereocenters. The van der Waals surface area contributed by atoms with Crippen molar-refractivity contribution in [3.05, 3.63) is 76.5 Å². The molecule has 1 atom stereocenters. The second kappa shape index (κ2) is 9.01. The zero-order valence-electron chi connectivity index (χ0n) is 15.2. The highest BCUT2D eigenvalue weighted by Gasteiger charge is 2.13. The van der Waals surface area contributed by atoms with Crippen LogP contribution >= 0.6 is 15.9 Å². The van der Waals surface area contributed by atoms with Gasteiger partial charge in [0.25, 0.3) is 0 Å². The number of rotatable bonds is 8. The summed E-state index contributed by atoms with van der Waals surface area (Å²) in [6.45, 7) is 2.94. The van der Waals surface area contributed by atoms with Crippen LogP contribution in [-0.2, 0) is 13.6 Å². The molecule has 0 spiro atoms. The summed E-state index contributed by atoms with van der Waals surface area (Å²) in [5.74, 6) is 1.70. The largest absolute Gasteiger partial charge is 0.457 e. The van der Waals surface area contributed by atoms with Crippen molar-refractivity contribution in [3.63, 3.8) is 0 Å². The summed E-state index contributed by atoms with van der Waals surface area (Å²) < 4.78 is 8.74. The lowest BCUT2D eigenvalue weighted by molar-refractivity contribution is 0.475. The van der Waals surface area contributed by atoms with Gasteiger partial charge in [-0.25, -0.2) is 0 Å². The summed E-state index contributed by atoms with van der Waals surface area (Å²) in [6, 6.07) is 18.5. The molecule has 0 aliphatic carbocycles. The van der Waals surface area contributed by atoms with Crippen LogP contribution in [-0.4, -0.2) is 9.78 Å². The second-order valence-electron chi connectivity index (χ2n) is 6.30. The summed E-state index contributed by atoms with van der Waals surface area (Å²) in [5.41, 5.74) is 2.29. The standard InChI is InChI=1S/C21H24BrN3O/c1-3-7-20(23-14-21-19(22)15-25(2)24-21)16-10-12-18(13-11-16)26-17-8-5-4-6-9-17/h4-6,8-13,15,20,23H,3,7,14H2,1-2H3. The van der Waals surface area contributed by atoms with Gasteiger partial charge < -0.3 is 10.1 Å². The Morgan fingerprint density at radius 3 is 2.38 bits per heavy atom. The topological polar surface area (TPSA) is 39.1 Å². The van der Waals surface area contributed by atoms with Crippen molar-refractivity contribution < 1.29 is 4.74 Å². The number of aromatic nitrogens is 2. The van der Waals surface area contributed by atoms with Gasteiger partial charge in [-0.1, -0.05) is 43.7 Å². The second-order valence-corrected chi connectivity index (χ2v) is 7.16. The zero-order valence-corrected chi connectivity index (χ0v) is 16.7. The van der Waals surface area contributed by atoms with Crippen LogP contribution in [0.15, 0.2) is 65.3 Å². The highest BCUT2D eigenvalue weighted by Crippen LogP contribution is 2.25. The van der Waals surface area contributed by atoms with Crippen molar-refractivity contribution in [2.24, 2.45) is 7.05 Å². The maximum absolute atomic E-state index is 5.88. The Kier molecular flexibility index (Phi) is 6.47. The van der Waals surface area contributed by atoms with E-state index in [0.29, 0.717) is 6.04 Å². The van der Waals surface area contributed by atoms with E-state index in [1.54, 1.807) is 0 Å². The molecule has 0 aliphatic rings. The first-order valence-electron chi connectivity index (χ1n) is 8.90. The van der Waals surface area contributed by atoms with Gasteiger partial charge in [0, 0.05) is 25.8 Å². The molecule has 4 nitrogen and oxygen atoms in total. The number of hydrogen-bond acceptors (Lipinski definition) is 3. The molecule has 0 saturated carbocycles. The third-order valence-corrected chi connectivity index (χ3v) is 4.87. The number of para-hydroxylation sites is 1. The number of halogens is 1. The van der Waals surface area contributed by atoms with Gasteiger partial charge in [-0.3, -0.25) is 4.68 Å². The van der Waals surface area contributed by atoms with Crippen LogP contribution in [0.2, 0.25) is 0 Å². The number of hydrogen-bond donors (Lipinski definition) is 1. The molecule has 26 heavy (non-hydrogen) atoms. The molecule has 3 aromatic rings. The summed E-state index contributed by atoms with van der Waals surface area (Å²) in [4.78, 5) is 0. The van der Waals surface area contributed by atoms with Crippen LogP contribution in [0.4, 0.5) is 0 Å². The van der Waals surface area contributed by atoms with Crippen molar-refractivity contribution in [1.82, 2.24) is 15.1 Å². The van der Waals surface area contributed by atoms with E-state index in [4.69, 9.17) is 4.74 Å². The molecular formula is C21H24BrN3O. The summed E-state index contributed by atoms with van der Waals surface area (Å²) in [7, 11) is 1.93. The van der Waals surface area contributed by atoms with E-state index in [-0.39, 0.29) is 0 Å². The van der Waals surface area contributed by atoms with E-state index in [0.717, 1.165) is 41.1 Å². The number of benzene rings is 2. The van der Waals surface area contributed by atoms with E-state index in [9.17, 15) is 0 Å². The van der Waals surface area contributed by atoms with Gasteiger partial charge in [0.05, 0.1) is 10.2 Å². The van der Waals surface area contributed by atoms with Crippen molar-refractivity contribution in [3.8, 4) is 11.5 Å². The van der Waals surface area contributed by atoms with Gasteiger partial charge in [-0.05, 0) is 52.2 Å². The van der Waals surface area contributed by atoms with Crippen LogP contribution in [0.1, 0.15) is 37.1 Å². The van der Waals surface area contributed by atoms with Crippen LogP contribution < -0.4 is 10.1 Å². The molecule has 2 aromatic carbocycles. The summed E-state index contributed by atoms with van der Waals surface area (Å²) in [5, 5.41) is 8.11. The predicted octanol–water partition coefficient (Wildman–Crippen LogP) is 5.61. The Morgan fingerprint density at radius 1 is 1.08 bits per heavy atom. The first-order valence-corrected chi connectivity index (χ1v) is 9.69. The lowest BCUT2D eigenvalue weighted by Crippen LogP contribution is -2.21. The Balaban J connectivity index is 1.66. The summed E-state index contributed by atoms with van der Waals surface area (Å²) >= 11 is 3.56. The number of nitrogens with one attached hydrogen (secondary N) is 1. The smallest absolute Gasteiger partial charge is 0.127 e. The normalized spacial score (nSPS) is 12.1. The molecule has 0 saturated heterocycles. The maximum Gasteiger partial charge on any atom is 0.127 e. The van der Waals surface area contributed by atoms with Crippen LogP contribution in [0.3, 0.4) is 0 Å². The van der Waals surface area contributed by atoms with E-state index >= 15 is 0 Å². The molecule has 1 N–H and O–H groups in total. The van der Waals surface area contributed by atoms with Gasteiger partial charge in [0.1, 0.15) is 11.5 Å². The minimum absolute atomic E-state index is 0.291. The lowest BCUT2D eigenvalue weighted by atomic mass is 10.0. The van der Waals surface area contributed by atoms with Crippen molar-refractivity contribution in [2.45, 2.75) is 32.4 Å². The molecule has 136 valence electrons. The molecule has 0 aliphatic heterocycles. The van der Waals surface area contributed by atoms with Crippen LogP contribution in [0, 0.1) is 0 Å². The monoisotopic (exact) mass is 413 g/mol. The van der Waals surface area contributed by atoms with E-state index in [1.165, 1.54) is 5.56 Å². The Bertz CT molecular complexity index is 815. The molecule has 0 amide bonds. The van der Waals surface area contributed by atoms with Crippen molar-refractivity contribution in [2.75, 3.05) is 0 Å². The quantitative estimate of drug-likeness (QED) is 0.521. The molecule has 1 heterocycles. The third-order valence-electron chi connectivity index (χ3n) is 4.21. The summed E-state index contributed by atoms with van der Waals surface area (Å²) in [6.07, 6.45) is 4.16. The number of ether oxygens (including phenoxy) is 1. The van der Waals surface area contributed by atoms with E-state index < -0.39 is 0 Å². The highest BCUT2D eigenvalue weighted by molar-refractivity contribution is 9.10. The third kappa shape index (κ3) is 4.96. The molecule has 3 rings (SSSR count). The Morgan fingerprint density at radius 2 is 1.77 bits per heavy atom. The van der Waals surface area contributed by atoms with Gasteiger partial charge in [-0.2, -0.15) is 5.10 Å². The van der Waals surface area contributed by atoms with Gasteiger partial charge >= 0.3 is 0 Å². The van der Waals surface area contributed by atoms with Crippen LogP contribution in [0.5, 0.6) is 11.5 Å². The molecule has 0 radical (unpaired) electrons. The van der Waals surface area contributed by atoms with E-state index in [2.05, 4.69) is 45.4 Å².